The second-order valence-electron chi connectivity index (χ2n) is 6.05. The fourth-order valence-corrected chi connectivity index (χ4v) is 2.44. The highest BCUT2D eigenvalue weighted by molar-refractivity contribution is 6.85. The van der Waals surface area contributed by atoms with Gasteiger partial charge in [-0.15, -0.1) is 0 Å². The van der Waals surface area contributed by atoms with Crippen LogP contribution < -0.4 is 0 Å². The maximum Gasteiger partial charge on any atom is 0.195 e. The summed E-state index contributed by atoms with van der Waals surface area (Å²) in [7, 11) is 0. The highest BCUT2D eigenvalue weighted by atomic mass is 14.3. The first-order chi connectivity index (χ1) is 5.15. The Balaban J connectivity index is 2.90. The van der Waals surface area contributed by atoms with Crippen LogP contribution in [-0.4, -0.2) is 6.71 Å². The van der Waals surface area contributed by atoms with Crippen LogP contribution in [0.25, 0.3) is 0 Å². The molecule has 0 unspecified atom stereocenters. The first-order valence-corrected chi connectivity index (χ1v) is 4.90. The molecule has 0 saturated carbocycles. The SMILES string of the molecule is CB1C(C(C)(C)C)=C1C(C)(C)C. The lowest BCUT2D eigenvalue weighted by Gasteiger charge is -2.17. The first kappa shape index (κ1) is 9.89. The molecule has 0 aromatic rings. The molecule has 0 spiro atoms. The van der Waals surface area contributed by atoms with Crippen molar-refractivity contribution >= 4 is 6.71 Å². The highest BCUT2D eigenvalue weighted by Crippen LogP contribution is 2.50. The van der Waals surface area contributed by atoms with Gasteiger partial charge in [-0.1, -0.05) is 59.3 Å². The largest absolute Gasteiger partial charge is 0.195 e. The minimum absolute atomic E-state index is 0.391. The van der Waals surface area contributed by atoms with Crippen LogP contribution in [0.2, 0.25) is 6.82 Å². The lowest BCUT2D eigenvalue weighted by Crippen LogP contribution is -2.08. The normalized spacial score (nSPS) is 18.8. The van der Waals surface area contributed by atoms with Gasteiger partial charge in [0.15, 0.2) is 6.71 Å². The van der Waals surface area contributed by atoms with E-state index in [0.717, 1.165) is 6.71 Å². The molecule has 0 atom stereocenters. The predicted molar refractivity (Wildman–Crippen MR) is 57.6 cm³/mol. The van der Waals surface area contributed by atoms with Gasteiger partial charge >= 0.3 is 0 Å². The first-order valence-electron chi connectivity index (χ1n) is 4.90. The molecule has 0 fully saturated rings. The highest BCUT2D eigenvalue weighted by Gasteiger charge is 2.46. The standard InChI is InChI=1S/C11H21B/c1-10(2,3)8-9(12(8)7)11(4,5)6/h1-7H3. The molecule has 0 saturated heterocycles. The zero-order chi connectivity index (χ0) is 9.73. The van der Waals surface area contributed by atoms with E-state index in [2.05, 4.69) is 48.4 Å². The molecule has 0 nitrogen and oxygen atoms in total. The summed E-state index contributed by atoms with van der Waals surface area (Å²) in [5.41, 5.74) is 4.16. The van der Waals surface area contributed by atoms with Gasteiger partial charge in [-0.2, -0.15) is 0 Å². The third kappa shape index (κ3) is 1.60. The smallest absolute Gasteiger partial charge is 0.0993 e. The van der Waals surface area contributed by atoms with E-state index < -0.39 is 0 Å². The molecule has 1 aliphatic heterocycles. The van der Waals surface area contributed by atoms with Gasteiger partial charge in [0.05, 0.1) is 0 Å². The lowest BCUT2D eigenvalue weighted by atomic mass is 9.56. The van der Waals surface area contributed by atoms with Crippen molar-refractivity contribution in [2.24, 2.45) is 10.8 Å². The Labute approximate surface area is 77.5 Å². The number of hydrogen-bond acceptors (Lipinski definition) is 0. The van der Waals surface area contributed by atoms with E-state index in [0.29, 0.717) is 10.8 Å². The average molecular weight is 164 g/mol. The van der Waals surface area contributed by atoms with Crippen molar-refractivity contribution in [3.63, 3.8) is 0 Å². The minimum atomic E-state index is 0.391. The third-order valence-electron chi connectivity index (χ3n) is 2.69. The Kier molecular flexibility index (Phi) is 1.98. The van der Waals surface area contributed by atoms with Crippen LogP contribution in [-0.2, 0) is 0 Å². The topological polar surface area (TPSA) is 0 Å². The van der Waals surface area contributed by atoms with Crippen LogP contribution in [0.15, 0.2) is 10.9 Å². The molecular formula is C11H21B. The number of allylic oxidation sites excluding steroid dienone is 2. The predicted octanol–water partition coefficient (Wildman–Crippen LogP) is 3.59. The summed E-state index contributed by atoms with van der Waals surface area (Å²) in [6.45, 7) is 17.0. The van der Waals surface area contributed by atoms with Crippen LogP contribution in [0.1, 0.15) is 41.5 Å². The van der Waals surface area contributed by atoms with E-state index in [1.54, 1.807) is 10.9 Å². The molecule has 1 heterocycles. The summed E-state index contributed by atoms with van der Waals surface area (Å²) < 4.78 is 0. The van der Waals surface area contributed by atoms with E-state index in [9.17, 15) is 0 Å². The maximum absolute atomic E-state index is 2.33. The molecule has 0 aromatic heterocycles. The Morgan fingerprint density at radius 2 is 1.00 bits per heavy atom. The van der Waals surface area contributed by atoms with Crippen molar-refractivity contribution in [2.75, 3.05) is 0 Å². The van der Waals surface area contributed by atoms with Crippen LogP contribution in [0, 0.1) is 10.8 Å². The Morgan fingerprint density at radius 1 is 0.750 bits per heavy atom. The summed E-state index contributed by atoms with van der Waals surface area (Å²) in [6, 6.07) is 0. The molecule has 0 N–H and O–H groups in total. The van der Waals surface area contributed by atoms with Gasteiger partial charge in [-0.3, -0.25) is 0 Å². The monoisotopic (exact) mass is 164 g/mol. The van der Waals surface area contributed by atoms with Crippen molar-refractivity contribution < 1.29 is 0 Å². The molecule has 0 bridgehead atoms. The summed E-state index contributed by atoms with van der Waals surface area (Å²) >= 11 is 0. The van der Waals surface area contributed by atoms with Crippen LogP contribution in [0.4, 0.5) is 0 Å². The van der Waals surface area contributed by atoms with Gasteiger partial charge in [-0.05, 0) is 10.8 Å². The average Bonchev–Trinajstić information content (AvgIpc) is 2.35. The summed E-state index contributed by atoms with van der Waals surface area (Å²) in [5, 5.41) is 0. The molecule has 0 aliphatic carbocycles. The number of rotatable bonds is 0. The summed E-state index contributed by atoms with van der Waals surface area (Å²) in [4.78, 5) is 0. The van der Waals surface area contributed by atoms with Gasteiger partial charge in [0.1, 0.15) is 0 Å². The molecule has 1 heteroatoms. The Bertz CT molecular complexity index is 198. The zero-order valence-electron chi connectivity index (χ0n) is 9.58. The van der Waals surface area contributed by atoms with E-state index in [-0.39, 0.29) is 0 Å². The quantitative estimate of drug-likeness (QED) is 0.480. The van der Waals surface area contributed by atoms with Gasteiger partial charge in [-0.25, -0.2) is 0 Å². The van der Waals surface area contributed by atoms with Gasteiger partial charge < -0.3 is 0 Å². The molecule has 0 amide bonds. The maximum atomic E-state index is 2.33. The van der Waals surface area contributed by atoms with E-state index >= 15 is 0 Å². The summed E-state index contributed by atoms with van der Waals surface area (Å²) in [5.74, 6) is 0. The molecule has 0 radical (unpaired) electrons. The molecule has 68 valence electrons. The molecule has 0 aromatic carbocycles. The second kappa shape index (κ2) is 2.40. The Hall–Kier alpha value is -0.195. The fraction of sp³-hybridized carbons (Fsp3) is 0.818. The van der Waals surface area contributed by atoms with Crippen LogP contribution in [0.5, 0.6) is 0 Å². The van der Waals surface area contributed by atoms with Gasteiger partial charge in [0.2, 0.25) is 0 Å². The van der Waals surface area contributed by atoms with E-state index in [4.69, 9.17) is 0 Å². The lowest BCUT2D eigenvalue weighted by molar-refractivity contribution is 0.502. The second-order valence-corrected chi connectivity index (χ2v) is 6.05. The minimum Gasteiger partial charge on any atom is -0.0993 e. The fourth-order valence-electron chi connectivity index (χ4n) is 2.44. The van der Waals surface area contributed by atoms with E-state index in [1.807, 2.05) is 0 Å². The summed E-state index contributed by atoms with van der Waals surface area (Å²) in [6.07, 6.45) is 0. The number of hydrogen-bond donors (Lipinski definition) is 0. The van der Waals surface area contributed by atoms with Crippen molar-refractivity contribution in [3.05, 3.63) is 10.9 Å². The van der Waals surface area contributed by atoms with Gasteiger partial charge in [0.25, 0.3) is 0 Å². The Morgan fingerprint density at radius 3 is 1.08 bits per heavy atom. The molecule has 12 heavy (non-hydrogen) atoms. The third-order valence-corrected chi connectivity index (χ3v) is 2.69. The van der Waals surface area contributed by atoms with Gasteiger partial charge in [0, 0.05) is 0 Å². The van der Waals surface area contributed by atoms with E-state index in [1.165, 1.54) is 0 Å². The molecule has 1 aliphatic rings. The van der Waals surface area contributed by atoms with Crippen molar-refractivity contribution in [3.8, 4) is 0 Å². The van der Waals surface area contributed by atoms with Crippen molar-refractivity contribution in [1.29, 1.82) is 0 Å². The van der Waals surface area contributed by atoms with Crippen molar-refractivity contribution in [2.45, 2.75) is 48.4 Å². The van der Waals surface area contributed by atoms with Crippen LogP contribution in [0.3, 0.4) is 0 Å². The molecular weight excluding hydrogens is 143 g/mol. The zero-order valence-corrected chi connectivity index (χ0v) is 9.58. The molecule has 1 rings (SSSR count). The van der Waals surface area contributed by atoms with Crippen molar-refractivity contribution in [1.82, 2.24) is 0 Å². The van der Waals surface area contributed by atoms with Crippen LogP contribution >= 0.6 is 0 Å².